The van der Waals surface area contributed by atoms with Crippen molar-refractivity contribution in [3.8, 4) is 0 Å². The maximum Gasteiger partial charge on any atom is 0.245 e. The maximum absolute atomic E-state index is 13.1. The Morgan fingerprint density at radius 3 is 2.83 bits per heavy atom. The van der Waals surface area contributed by atoms with E-state index in [4.69, 9.17) is 11.6 Å². The lowest BCUT2D eigenvalue weighted by Gasteiger charge is -2.27. The van der Waals surface area contributed by atoms with E-state index in [2.05, 4.69) is 15.7 Å². The van der Waals surface area contributed by atoms with Crippen molar-refractivity contribution in [2.75, 3.05) is 12.4 Å². The van der Waals surface area contributed by atoms with Crippen LogP contribution in [0.5, 0.6) is 0 Å². The van der Waals surface area contributed by atoms with Crippen LogP contribution in [0.15, 0.2) is 54.7 Å². The smallest absolute Gasteiger partial charge is 0.245 e. The Bertz CT molecular complexity index is 1030. The molecule has 7 heteroatoms. The van der Waals surface area contributed by atoms with Crippen LogP contribution in [0.4, 0.5) is 0 Å². The Balaban J connectivity index is 1.58. The van der Waals surface area contributed by atoms with E-state index in [1.165, 1.54) is 0 Å². The molecule has 2 N–H and O–H groups in total. The Hall–Kier alpha value is -2.86. The van der Waals surface area contributed by atoms with Gasteiger partial charge in [0.15, 0.2) is 0 Å². The molecule has 0 radical (unpaired) electrons. The average molecular weight is 411 g/mol. The van der Waals surface area contributed by atoms with E-state index in [0.29, 0.717) is 0 Å². The first-order chi connectivity index (χ1) is 14.2. The van der Waals surface area contributed by atoms with Crippen molar-refractivity contribution in [1.82, 2.24) is 20.4 Å². The van der Waals surface area contributed by atoms with Gasteiger partial charge in [0.25, 0.3) is 0 Å². The molecule has 1 aliphatic heterocycles. The van der Waals surface area contributed by atoms with Gasteiger partial charge < -0.3 is 10.6 Å². The second-order valence-electron chi connectivity index (χ2n) is 7.28. The van der Waals surface area contributed by atoms with Gasteiger partial charge in [0.1, 0.15) is 11.9 Å². The summed E-state index contributed by atoms with van der Waals surface area (Å²) in [5.41, 5.74) is 2.01. The third-order valence-corrected chi connectivity index (χ3v) is 5.62. The number of nitrogens with zero attached hydrogens (tertiary/aromatic N) is 2. The zero-order chi connectivity index (χ0) is 20.2. The molecule has 0 spiro atoms. The molecular weight excluding hydrogens is 388 g/mol. The van der Waals surface area contributed by atoms with E-state index in [0.717, 1.165) is 41.3 Å². The highest BCUT2D eigenvalue weighted by Gasteiger charge is 2.28. The molecule has 29 heavy (non-hydrogen) atoms. The molecule has 4 rings (SSSR count). The highest BCUT2D eigenvalue weighted by atomic mass is 35.5. The van der Waals surface area contributed by atoms with Gasteiger partial charge in [-0.3, -0.25) is 14.3 Å². The normalized spacial score (nSPS) is 16.8. The highest BCUT2D eigenvalue weighted by molar-refractivity contribution is 6.27. The number of hydrogen-bond acceptors (Lipinski definition) is 3. The minimum atomic E-state index is -0.361. The zero-order valence-electron chi connectivity index (χ0n) is 16.0. The van der Waals surface area contributed by atoms with Gasteiger partial charge in [-0.15, -0.1) is 11.6 Å². The predicted octanol–water partition coefficient (Wildman–Crippen LogP) is 3.13. The molecule has 0 saturated carbocycles. The zero-order valence-corrected chi connectivity index (χ0v) is 16.7. The molecule has 2 atom stereocenters. The molecular formula is C22H23ClN4O2. The van der Waals surface area contributed by atoms with Gasteiger partial charge >= 0.3 is 0 Å². The van der Waals surface area contributed by atoms with Crippen molar-refractivity contribution in [1.29, 1.82) is 0 Å². The molecule has 150 valence electrons. The first-order valence-electron chi connectivity index (χ1n) is 9.80. The van der Waals surface area contributed by atoms with Crippen molar-refractivity contribution in [3.63, 3.8) is 0 Å². The number of nitrogens with one attached hydrogen (secondary N) is 2. The number of fused-ring (bicyclic) bond motifs is 2. The van der Waals surface area contributed by atoms with Gasteiger partial charge in [-0.2, -0.15) is 5.10 Å². The SMILES string of the molecule is O=C(CCl)NCC(NC(=O)C1CCCc2ccnn21)c1ccc2ccccc2c1. The van der Waals surface area contributed by atoms with Crippen LogP contribution in [0.25, 0.3) is 10.8 Å². The molecule has 0 saturated heterocycles. The molecule has 1 aromatic heterocycles. The minimum Gasteiger partial charge on any atom is -0.353 e. The molecule has 2 amide bonds. The third kappa shape index (κ3) is 4.27. The van der Waals surface area contributed by atoms with Crippen molar-refractivity contribution in [2.24, 2.45) is 0 Å². The highest BCUT2D eigenvalue weighted by Crippen LogP contribution is 2.26. The van der Waals surface area contributed by atoms with Crippen LogP contribution in [-0.4, -0.2) is 34.0 Å². The van der Waals surface area contributed by atoms with Gasteiger partial charge in [-0.25, -0.2) is 0 Å². The molecule has 2 heterocycles. The van der Waals surface area contributed by atoms with Gasteiger partial charge in [-0.1, -0.05) is 36.4 Å². The van der Waals surface area contributed by atoms with Crippen molar-refractivity contribution < 1.29 is 9.59 Å². The topological polar surface area (TPSA) is 76.0 Å². The van der Waals surface area contributed by atoms with Crippen molar-refractivity contribution in [3.05, 3.63) is 66.0 Å². The summed E-state index contributed by atoms with van der Waals surface area (Å²) in [6.07, 6.45) is 4.37. The Labute approximate surface area is 174 Å². The molecule has 0 aliphatic carbocycles. The lowest BCUT2D eigenvalue weighted by molar-refractivity contribution is -0.126. The summed E-state index contributed by atoms with van der Waals surface area (Å²) in [5, 5.41) is 12.5. The van der Waals surface area contributed by atoms with E-state index in [1.54, 1.807) is 6.20 Å². The average Bonchev–Trinajstić information content (AvgIpc) is 3.24. The summed E-state index contributed by atoms with van der Waals surface area (Å²) in [5.74, 6) is -0.468. The fourth-order valence-electron chi connectivity index (χ4n) is 3.87. The monoisotopic (exact) mass is 410 g/mol. The van der Waals surface area contributed by atoms with Gasteiger partial charge in [0.2, 0.25) is 11.8 Å². The summed E-state index contributed by atoms with van der Waals surface area (Å²) in [4.78, 5) is 24.8. The number of benzene rings is 2. The molecule has 0 bridgehead atoms. The van der Waals surface area contributed by atoms with E-state index >= 15 is 0 Å². The number of carbonyl (C=O) groups is 2. The lowest BCUT2D eigenvalue weighted by Crippen LogP contribution is -2.42. The molecule has 6 nitrogen and oxygen atoms in total. The summed E-state index contributed by atoms with van der Waals surface area (Å²) >= 11 is 5.62. The quantitative estimate of drug-likeness (QED) is 0.613. The lowest BCUT2D eigenvalue weighted by atomic mass is 9.99. The molecule has 2 unspecified atom stereocenters. The second kappa shape index (κ2) is 8.66. The van der Waals surface area contributed by atoms with Crippen LogP contribution >= 0.6 is 11.6 Å². The number of aromatic nitrogens is 2. The van der Waals surface area contributed by atoms with Crippen LogP contribution in [0.1, 0.15) is 36.2 Å². The van der Waals surface area contributed by atoms with Crippen LogP contribution in [-0.2, 0) is 16.0 Å². The number of rotatable bonds is 6. The van der Waals surface area contributed by atoms with Crippen LogP contribution in [0, 0.1) is 0 Å². The summed E-state index contributed by atoms with van der Waals surface area (Å²) in [6.45, 7) is 0.272. The van der Waals surface area contributed by atoms with Gasteiger partial charge in [0, 0.05) is 18.4 Å². The molecule has 3 aromatic rings. The van der Waals surface area contributed by atoms with Crippen molar-refractivity contribution >= 4 is 34.2 Å². The summed E-state index contributed by atoms with van der Waals surface area (Å²) < 4.78 is 1.81. The number of halogens is 1. The Morgan fingerprint density at radius 2 is 2.00 bits per heavy atom. The minimum absolute atomic E-state index is 0.0899. The standard InChI is InChI=1S/C22H23ClN4O2/c23-13-21(28)24-14-19(17-9-8-15-4-1-2-5-16(15)12-17)26-22(29)20-7-3-6-18-10-11-25-27(18)20/h1-2,4-5,8-12,19-20H,3,6-7,13-14H2,(H,24,28)(H,26,29). The number of aryl methyl sites for hydroxylation is 1. The maximum atomic E-state index is 13.1. The van der Waals surface area contributed by atoms with Crippen molar-refractivity contribution in [2.45, 2.75) is 31.3 Å². The number of amides is 2. The first kappa shape index (κ1) is 19.5. The third-order valence-electron chi connectivity index (χ3n) is 5.38. The molecule has 1 aliphatic rings. The van der Waals surface area contributed by atoms with E-state index in [9.17, 15) is 9.59 Å². The fourth-order valence-corrected chi connectivity index (χ4v) is 3.96. The van der Waals surface area contributed by atoms with E-state index in [-0.39, 0.29) is 36.3 Å². The fraction of sp³-hybridized carbons (Fsp3) is 0.318. The van der Waals surface area contributed by atoms with Crippen LogP contribution in [0.2, 0.25) is 0 Å². The Kier molecular flexibility index (Phi) is 5.81. The van der Waals surface area contributed by atoms with Crippen LogP contribution < -0.4 is 10.6 Å². The second-order valence-corrected chi connectivity index (χ2v) is 7.55. The first-order valence-corrected chi connectivity index (χ1v) is 10.3. The molecule has 2 aromatic carbocycles. The number of alkyl halides is 1. The summed E-state index contributed by atoms with van der Waals surface area (Å²) in [7, 11) is 0. The van der Waals surface area contributed by atoms with E-state index < -0.39 is 0 Å². The summed E-state index contributed by atoms with van der Waals surface area (Å²) in [6, 6.07) is 15.4. The molecule has 0 fully saturated rings. The van der Waals surface area contributed by atoms with E-state index in [1.807, 2.05) is 53.2 Å². The number of carbonyl (C=O) groups excluding carboxylic acids is 2. The largest absolute Gasteiger partial charge is 0.353 e. The van der Waals surface area contributed by atoms with Gasteiger partial charge in [-0.05, 0) is 47.7 Å². The van der Waals surface area contributed by atoms with Crippen LogP contribution in [0.3, 0.4) is 0 Å². The Morgan fingerprint density at radius 1 is 1.17 bits per heavy atom. The number of hydrogen-bond donors (Lipinski definition) is 2. The predicted molar refractivity (Wildman–Crippen MR) is 113 cm³/mol. The van der Waals surface area contributed by atoms with Gasteiger partial charge in [0.05, 0.1) is 6.04 Å².